The standard InChI is InChI=1S/C24H18ClNO2/c1-16-22(24(27)28-15-17-8-7-11-19(25)14-17)20-12-5-6-13-21(20)26-23(16)18-9-3-2-4-10-18/h2-14H,15H2,1H3. The number of pyridine rings is 1. The van der Waals surface area contributed by atoms with Crippen molar-refractivity contribution in [3.8, 4) is 11.3 Å². The topological polar surface area (TPSA) is 39.2 Å². The minimum atomic E-state index is -0.367. The Hall–Kier alpha value is -3.17. The molecule has 28 heavy (non-hydrogen) atoms. The van der Waals surface area contributed by atoms with Gasteiger partial charge in [0.25, 0.3) is 0 Å². The van der Waals surface area contributed by atoms with Gasteiger partial charge in [-0.2, -0.15) is 0 Å². The predicted octanol–water partition coefficient (Wildman–Crippen LogP) is 6.22. The van der Waals surface area contributed by atoms with Crippen molar-refractivity contribution in [2.45, 2.75) is 13.5 Å². The fourth-order valence-electron chi connectivity index (χ4n) is 3.30. The second-order valence-corrected chi connectivity index (χ2v) is 6.99. The minimum absolute atomic E-state index is 0.163. The first-order valence-electron chi connectivity index (χ1n) is 9.00. The maximum Gasteiger partial charge on any atom is 0.339 e. The van der Waals surface area contributed by atoms with E-state index in [1.807, 2.05) is 73.7 Å². The van der Waals surface area contributed by atoms with Crippen LogP contribution in [0.4, 0.5) is 0 Å². The molecule has 0 N–H and O–H groups in total. The number of halogens is 1. The van der Waals surface area contributed by atoms with Crippen LogP contribution in [0.25, 0.3) is 22.2 Å². The van der Waals surface area contributed by atoms with Gasteiger partial charge in [0.05, 0.1) is 16.8 Å². The maximum atomic E-state index is 13.0. The van der Waals surface area contributed by atoms with Gasteiger partial charge in [0.1, 0.15) is 6.61 Å². The van der Waals surface area contributed by atoms with Crippen molar-refractivity contribution in [2.24, 2.45) is 0 Å². The van der Waals surface area contributed by atoms with E-state index in [0.29, 0.717) is 10.6 Å². The number of fused-ring (bicyclic) bond motifs is 1. The lowest BCUT2D eigenvalue weighted by Gasteiger charge is -2.14. The highest BCUT2D eigenvalue weighted by molar-refractivity contribution is 6.30. The highest BCUT2D eigenvalue weighted by atomic mass is 35.5. The van der Waals surface area contributed by atoms with Gasteiger partial charge >= 0.3 is 5.97 Å². The fourth-order valence-corrected chi connectivity index (χ4v) is 3.51. The van der Waals surface area contributed by atoms with E-state index in [2.05, 4.69) is 0 Å². The number of benzene rings is 3. The molecule has 0 aliphatic heterocycles. The molecule has 1 heterocycles. The van der Waals surface area contributed by atoms with Crippen molar-refractivity contribution in [1.29, 1.82) is 0 Å². The second kappa shape index (κ2) is 7.83. The van der Waals surface area contributed by atoms with Crippen LogP contribution in [-0.4, -0.2) is 11.0 Å². The first-order valence-corrected chi connectivity index (χ1v) is 9.37. The van der Waals surface area contributed by atoms with Gasteiger partial charge < -0.3 is 4.74 Å². The molecule has 138 valence electrons. The normalized spacial score (nSPS) is 10.8. The van der Waals surface area contributed by atoms with Crippen LogP contribution in [-0.2, 0) is 11.3 Å². The van der Waals surface area contributed by atoms with E-state index in [0.717, 1.165) is 33.3 Å². The van der Waals surface area contributed by atoms with E-state index in [1.165, 1.54) is 0 Å². The molecule has 0 fully saturated rings. The summed E-state index contributed by atoms with van der Waals surface area (Å²) in [7, 11) is 0. The molecular weight excluding hydrogens is 370 g/mol. The summed E-state index contributed by atoms with van der Waals surface area (Å²) in [6, 6.07) is 24.8. The molecule has 4 heteroatoms. The van der Waals surface area contributed by atoms with E-state index in [9.17, 15) is 4.79 Å². The summed E-state index contributed by atoms with van der Waals surface area (Å²) in [6.07, 6.45) is 0. The quantitative estimate of drug-likeness (QED) is 0.390. The van der Waals surface area contributed by atoms with Gasteiger partial charge in [0.2, 0.25) is 0 Å². The maximum absolute atomic E-state index is 13.0. The molecule has 0 saturated carbocycles. The summed E-state index contributed by atoms with van der Waals surface area (Å²) < 4.78 is 5.62. The lowest BCUT2D eigenvalue weighted by Crippen LogP contribution is -2.10. The van der Waals surface area contributed by atoms with Crippen LogP contribution in [0.2, 0.25) is 5.02 Å². The van der Waals surface area contributed by atoms with Gasteiger partial charge in [-0.15, -0.1) is 0 Å². The van der Waals surface area contributed by atoms with E-state index in [1.54, 1.807) is 12.1 Å². The van der Waals surface area contributed by atoms with Crippen molar-refractivity contribution in [3.63, 3.8) is 0 Å². The third kappa shape index (κ3) is 3.62. The fraction of sp³-hybridized carbons (Fsp3) is 0.0833. The molecular formula is C24H18ClNO2. The smallest absolute Gasteiger partial charge is 0.339 e. The summed E-state index contributed by atoms with van der Waals surface area (Å²) in [6.45, 7) is 2.08. The molecule has 0 amide bonds. The Balaban J connectivity index is 1.76. The summed E-state index contributed by atoms with van der Waals surface area (Å²) in [5.41, 5.74) is 4.72. The van der Waals surface area contributed by atoms with Crippen LogP contribution in [0, 0.1) is 6.92 Å². The first-order chi connectivity index (χ1) is 13.6. The Morgan fingerprint density at radius 1 is 0.964 bits per heavy atom. The van der Waals surface area contributed by atoms with E-state index < -0.39 is 0 Å². The van der Waals surface area contributed by atoms with E-state index in [-0.39, 0.29) is 12.6 Å². The number of carbonyl (C=O) groups is 1. The average Bonchev–Trinajstić information content (AvgIpc) is 2.72. The number of nitrogens with zero attached hydrogens (tertiary/aromatic N) is 1. The number of hydrogen-bond donors (Lipinski definition) is 0. The number of rotatable bonds is 4. The molecule has 4 rings (SSSR count). The molecule has 1 aromatic heterocycles. The summed E-state index contributed by atoms with van der Waals surface area (Å²) in [5, 5.41) is 1.40. The zero-order valence-corrected chi connectivity index (χ0v) is 16.1. The monoisotopic (exact) mass is 387 g/mol. The molecule has 0 atom stereocenters. The van der Waals surface area contributed by atoms with Crippen molar-refractivity contribution in [2.75, 3.05) is 0 Å². The van der Waals surface area contributed by atoms with Crippen molar-refractivity contribution in [1.82, 2.24) is 4.98 Å². The van der Waals surface area contributed by atoms with Gasteiger partial charge in [-0.25, -0.2) is 9.78 Å². The average molecular weight is 388 g/mol. The third-order valence-electron chi connectivity index (χ3n) is 4.65. The van der Waals surface area contributed by atoms with Crippen molar-refractivity contribution < 1.29 is 9.53 Å². The molecule has 0 radical (unpaired) electrons. The molecule has 0 aliphatic carbocycles. The van der Waals surface area contributed by atoms with Crippen LogP contribution >= 0.6 is 11.6 Å². The number of ether oxygens (including phenoxy) is 1. The SMILES string of the molecule is Cc1c(-c2ccccc2)nc2ccccc2c1C(=O)OCc1cccc(Cl)c1. The van der Waals surface area contributed by atoms with Crippen LogP contribution < -0.4 is 0 Å². The number of para-hydroxylation sites is 1. The van der Waals surface area contributed by atoms with E-state index >= 15 is 0 Å². The largest absolute Gasteiger partial charge is 0.457 e. The highest BCUT2D eigenvalue weighted by Gasteiger charge is 2.20. The molecule has 3 nitrogen and oxygen atoms in total. The van der Waals surface area contributed by atoms with Crippen LogP contribution in [0.1, 0.15) is 21.5 Å². The number of aromatic nitrogens is 1. The predicted molar refractivity (Wildman–Crippen MR) is 112 cm³/mol. The number of carbonyl (C=O) groups excluding carboxylic acids is 1. The van der Waals surface area contributed by atoms with Gasteiger partial charge in [0, 0.05) is 16.0 Å². The first kappa shape index (κ1) is 18.2. The second-order valence-electron chi connectivity index (χ2n) is 6.55. The molecule has 3 aromatic carbocycles. The Labute approximate surface area is 168 Å². The molecule has 0 bridgehead atoms. The number of esters is 1. The Kier molecular flexibility index (Phi) is 5.09. The van der Waals surface area contributed by atoms with Crippen LogP contribution in [0.5, 0.6) is 0 Å². The molecule has 0 saturated heterocycles. The molecule has 4 aromatic rings. The van der Waals surface area contributed by atoms with Crippen LogP contribution in [0.15, 0.2) is 78.9 Å². The van der Waals surface area contributed by atoms with Gasteiger partial charge in [-0.1, -0.05) is 72.3 Å². The lowest BCUT2D eigenvalue weighted by molar-refractivity contribution is 0.0474. The summed E-state index contributed by atoms with van der Waals surface area (Å²) in [5.74, 6) is -0.367. The van der Waals surface area contributed by atoms with Gasteiger partial charge in [0.15, 0.2) is 0 Å². The zero-order chi connectivity index (χ0) is 19.5. The Morgan fingerprint density at radius 3 is 2.50 bits per heavy atom. The zero-order valence-electron chi connectivity index (χ0n) is 15.4. The molecule has 0 spiro atoms. The van der Waals surface area contributed by atoms with Crippen molar-refractivity contribution in [3.05, 3.63) is 101 Å². The summed E-state index contributed by atoms with van der Waals surface area (Å²) >= 11 is 6.02. The van der Waals surface area contributed by atoms with Gasteiger partial charge in [-0.05, 0) is 36.2 Å². The Morgan fingerprint density at radius 2 is 1.71 bits per heavy atom. The lowest BCUT2D eigenvalue weighted by atomic mass is 9.98. The summed E-state index contributed by atoms with van der Waals surface area (Å²) in [4.78, 5) is 17.8. The van der Waals surface area contributed by atoms with Crippen LogP contribution in [0.3, 0.4) is 0 Å². The third-order valence-corrected chi connectivity index (χ3v) is 4.88. The molecule has 0 aliphatic rings. The highest BCUT2D eigenvalue weighted by Crippen LogP contribution is 2.30. The Bertz CT molecular complexity index is 1160. The van der Waals surface area contributed by atoms with E-state index in [4.69, 9.17) is 21.3 Å². The number of hydrogen-bond acceptors (Lipinski definition) is 3. The minimum Gasteiger partial charge on any atom is -0.457 e. The molecule has 0 unspecified atom stereocenters. The van der Waals surface area contributed by atoms with Gasteiger partial charge in [-0.3, -0.25) is 0 Å². The van der Waals surface area contributed by atoms with Crippen molar-refractivity contribution >= 4 is 28.5 Å².